The van der Waals surface area contributed by atoms with E-state index < -0.39 is 0 Å². The highest BCUT2D eigenvalue weighted by molar-refractivity contribution is 5.11. The summed E-state index contributed by atoms with van der Waals surface area (Å²) in [6.45, 7) is 9.40. The normalized spacial score (nSPS) is 12.5. The van der Waals surface area contributed by atoms with Crippen LogP contribution < -0.4 is 0 Å². The minimum atomic E-state index is 0.181. The van der Waals surface area contributed by atoms with Crippen molar-refractivity contribution in [3.8, 4) is 0 Å². The Morgan fingerprint density at radius 1 is 1.45 bits per heavy atom. The Balaban J connectivity index is 4.23. The molecule has 0 rings (SSSR count). The smallest absolute Gasteiger partial charge is 0.155 e. The Hall–Kier alpha value is -0.920. The molecule has 2 nitrogen and oxygen atoms in total. The third-order valence-electron chi connectivity index (χ3n) is 1.16. The maximum Gasteiger partial charge on any atom is 0.155 e. The molecule has 11 heavy (non-hydrogen) atoms. The molecule has 0 saturated carbocycles. The molecule has 0 fully saturated rings. The zero-order valence-corrected chi connectivity index (χ0v) is 7.68. The van der Waals surface area contributed by atoms with Crippen LogP contribution in [0.15, 0.2) is 24.2 Å². The van der Waals surface area contributed by atoms with E-state index in [2.05, 4.69) is 6.58 Å². The van der Waals surface area contributed by atoms with Gasteiger partial charge >= 0.3 is 0 Å². The van der Waals surface area contributed by atoms with Gasteiger partial charge in [0.15, 0.2) is 5.76 Å². The average Bonchev–Trinajstić information content (AvgIpc) is 1.88. The van der Waals surface area contributed by atoms with Crippen molar-refractivity contribution >= 4 is 0 Å². The lowest BCUT2D eigenvalue weighted by atomic mass is 10.4. The second-order valence-electron chi connectivity index (χ2n) is 2.50. The Morgan fingerprint density at radius 2 is 2.00 bits per heavy atom. The predicted octanol–water partition coefficient (Wildman–Crippen LogP) is 2.48. The summed E-state index contributed by atoms with van der Waals surface area (Å²) in [6, 6.07) is 0. The van der Waals surface area contributed by atoms with Crippen molar-refractivity contribution in [2.45, 2.75) is 26.9 Å². The van der Waals surface area contributed by atoms with E-state index in [9.17, 15) is 0 Å². The molecular formula is C9H16O2. The van der Waals surface area contributed by atoms with Crippen molar-refractivity contribution in [1.82, 2.24) is 0 Å². The van der Waals surface area contributed by atoms with E-state index in [1.807, 2.05) is 20.8 Å². The molecule has 0 bridgehead atoms. The summed E-state index contributed by atoms with van der Waals surface area (Å²) in [5.41, 5.74) is 0. The zero-order valence-electron chi connectivity index (χ0n) is 7.68. The van der Waals surface area contributed by atoms with Gasteiger partial charge in [0.05, 0.1) is 13.2 Å². The van der Waals surface area contributed by atoms with Crippen LogP contribution in [0.4, 0.5) is 0 Å². The average molecular weight is 156 g/mol. The van der Waals surface area contributed by atoms with E-state index in [-0.39, 0.29) is 6.10 Å². The Bertz CT molecular complexity index is 157. The first kappa shape index (κ1) is 10.1. The fraction of sp³-hybridized carbons (Fsp3) is 0.556. The highest BCUT2D eigenvalue weighted by atomic mass is 16.5. The molecule has 0 spiro atoms. The van der Waals surface area contributed by atoms with Crippen molar-refractivity contribution in [1.29, 1.82) is 0 Å². The molecule has 2 heteroatoms. The molecule has 0 aromatic heterocycles. The van der Waals surface area contributed by atoms with Crippen molar-refractivity contribution < 1.29 is 9.47 Å². The van der Waals surface area contributed by atoms with Crippen molar-refractivity contribution in [3.05, 3.63) is 24.2 Å². The van der Waals surface area contributed by atoms with E-state index in [4.69, 9.17) is 9.47 Å². The molecule has 64 valence electrons. The third-order valence-corrected chi connectivity index (χ3v) is 1.16. The van der Waals surface area contributed by atoms with Gasteiger partial charge in [-0.25, -0.2) is 0 Å². The van der Waals surface area contributed by atoms with Crippen LogP contribution in [0.5, 0.6) is 0 Å². The van der Waals surface area contributed by atoms with Crippen LogP contribution in [0.3, 0.4) is 0 Å². The molecule has 0 heterocycles. The van der Waals surface area contributed by atoms with Gasteiger partial charge in [-0.05, 0) is 26.8 Å². The Labute approximate surface area is 68.5 Å². The van der Waals surface area contributed by atoms with Gasteiger partial charge in [0.1, 0.15) is 5.76 Å². The topological polar surface area (TPSA) is 18.5 Å². The SMILES string of the molecule is C=CC(OC)=C(C)OC(C)C. The lowest BCUT2D eigenvalue weighted by molar-refractivity contribution is 0.131. The van der Waals surface area contributed by atoms with Gasteiger partial charge in [-0.3, -0.25) is 0 Å². The fourth-order valence-electron chi connectivity index (χ4n) is 0.782. The first-order chi connectivity index (χ1) is 5.11. The third kappa shape index (κ3) is 3.71. The van der Waals surface area contributed by atoms with Crippen LogP contribution in [0.1, 0.15) is 20.8 Å². The van der Waals surface area contributed by atoms with Gasteiger partial charge in [-0.15, -0.1) is 0 Å². The molecule has 0 N–H and O–H groups in total. The molecule has 0 aromatic rings. The zero-order chi connectivity index (χ0) is 8.85. The molecular weight excluding hydrogens is 140 g/mol. The molecule has 0 atom stereocenters. The lowest BCUT2D eigenvalue weighted by Gasteiger charge is -2.12. The monoisotopic (exact) mass is 156 g/mol. The second-order valence-corrected chi connectivity index (χ2v) is 2.50. The minimum Gasteiger partial charge on any atom is -0.493 e. The van der Waals surface area contributed by atoms with Gasteiger partial charge < -0.3 is 9.47 Å². The number of hydrogen-bond donors (Lipinski definition) is 0. The second kappa shape index (κ2) is 4.83. The largest absolute Gasteiger partial charge is 0.493 e. The van der Waals surface area contributed by atoms with Gasteiger partial charge in [0.2, 0.25) is 0 Å². The van der Waals surface area contributed by atoms with E-state index >= 15 is 0 Å². The van der Waals surface area contributed by atoms with Crippen LogP contribution in [-0.2, 0) is 9.47 Å². The summed E-state index contributed by atoms with van der Waals surface area (Å²) in [4.78, 5) is 0. The quantitative estimate of drug-likeness (QED) is 0.460. The lowest BCUT2D eigenvalue weighted by Crippen LogP contribution is -2.02. The van der Waals surface area contributed by atoms with Crippen molar-refractivity contribution in [3.63, 3.8) is 0 Å². The molecule has 0 saturated heterocycles. The van der Waals surface area contributed by atoms with Gasteiger partial charge in [0, 0.05) is 0 Å². The first-order valence-electron chi connectivity index (χ1n) is 3.65. The van der Waals surface area contributed by atoms with Gasteiger partial charge in [-0.2, -0.15) is 0 Å². The van der Waals surface area contributed by atoms with Crippen molar-refractivity contribution in [2.75, 3.05) is 7.11 Å². The van der Waals surface area contributed by atoms with Gasteiger partial charge in [-0.1, -0.05) is 6.58 Å². The number of rotatable bonds is 4. The van der Waals surface area contributed by atoms with Crippen molar-refractivity contribution in [2.24, 2.45) is 0 Å². The van der Waals surface area contributed by atoms with Crippen LogP contribution in [-0.4, -0.2) is 13.2 Å². The van der Waals surface area contributed by atoms with Crippen LogP contribution in [0.25, 0.3) is 0 Å². The summed E-state index contributed by atoms with van der Waals surface area (Å²) >= 11 is 0. The summed E-state index contributed by atoms with van der Waals surface area (Å²) in [6.07, 6.45) is 1.82. The summed E-state index contributed by atoms with van der Waals surface area (Å²) in [5, 5.41) is 0. The molecule has 0 aliphatic carbocycles. The summed E-state index contributed by atoms with van der Waals surface area (Å²) < 4.78 is 10.4. The predicted molar refractivity (Wildman–Crippen MR) is 46.1 cm³/mol. The fourth-order valence-corrected chi connectivity index (χ4v) is 0.782. The van der Waals surface area contributed by atoms with Crippen LogP contribution >= 0.6 is 0 Å². The number of ether oxygens (including phenoxy) is 2. The highest BCUT2D eigenvalue weighted by Gasteiger charge is 2.00. The molecule has 0 unspecified atom stereocenters. The number of hydrogen-bond acceptors (Lipinski definition) is 2. The maximum atomic E-state index is 5.38. The summed E-state index contributed by atoms with van der Waals surface area (Å²) in [7, 11) is 1.60. The van der Waals surface area contributed by atoms with E-state index in [0.29, 0.717) is 5.76 Å². The van der Waals surface area contributed by atoms with Crippen LogP contribution in [0.2, 0.25) is 0 Å². The molecule has 0 aromatic carbocycles. The van der Waals surface area contributed by atoms with E-state index in [1.54, 1.807) is 13.2 Å². The van der Waals surface area contributed by atoms with Crippen LogP contribution in [0, 0.1) is 0 Å². The molecule has 0 aliphatic heterocycles. The standard InChI is InChI=1S/C9H16O2/c1-6-9(10-5)8(4)11-7(2)3/h6-7H,1H2,2-5H3. The van der Waals surface area contributed by atoms with Gasteiger partial charge in [0.25, 0.3) is 0 Å². The number of allylic oxidation sites excluding steroid dienone is 2. The summed E-state index contributed by atoms with van der Waals surface area (Å²) in [5.74, 6) is 1.47. The first-order valence-corrected chi connectivity index (χ1v) is 3.65. The highest BCUT2D eigenvalue weighted by Crippen LogP contribution is 2.09. The Morgan fingerprint density at radius 3 is 2.27 bits per heavy atom. The maximum absolute atomic E-state index is 5.38. The Kier molecular flexibility index (Phi) is 4.42. The number of methoxy groups -OCH3 is 1. The minimum absolute atomic E-state index is 0.181. The van der Waals surface area contributed by atoms with E-state index in [1.165, 1.54) is 0 Å². The van der Waals surface area contributed by atoms with E-state index in [0.717, 1.165) is 5.76 Å². The molecule has 0 radical (unpaired) electrons. The molecule has 0 aliphatic rings. The molecule has 0 amide bonds.